The van der Waals surface area contributed by atoms with Gasteiger partial charge in [0.2, 0.25) is 0 Å². The minimum absolute atomic E-state index is 0.972. The van der Waals surface area contributed by atoms with Crippen molar-refractivity contribution in [1.29, 1.82) is 0 Å². The fraction of sp³-hybridized carbons (Fsp3) is 0.538. The van der Waals surface area contributed by atoms with Crippen LogP contribution < -0.4 is 4.74 Å². The first-order valence-electron chi connectivity index (χ1n) is 5.35. The summed E-state index contributed by atoms with van der Waals surface area (Å²) in [6, 6.07) is 6.18. The summed E-state index contributed by atoms with van der Waals surface area (Å²) in [5.74, 6) is 0.972. The van der Waals surface area contributed by atoms with Crippen LogP contribution in [0.5, 0.6) is 5.75 Å². The molecule has 0 amide bonds. The van der Waals surface area contributed by atoms with Crippen molar-refractivity contribution >= 4 is 0 Å². The molecule has 0 atom stereocenters. The van der Waals surface area contributed by atoms with E-state index in [4.69, 9.17) is 4.74 Å². The molecular weight excluding hydrogens is 172 g/mol. The first kappa shape index (κ1) is 15.5. The molecule has 0 unspecified atom stereocenters. The Labute approximate surface area is 89.1 Å². The highest BCUT2D eigenvalue weighted by Gasteiger charge is 1.94. The Morgan fingerprint density at radius 1 is 0.929 bits per heavy atom. The summed E-state index contributed by atoms with van der Waals surface area (Å²) in [5, 5.41) is 0. The van der Waals surface area contributed by atoms with Crippen LogP contribution in [-0.2, 0) is 0 Å². The number of hydrogen-bond donors (Lipinski definition) is 0. The maximum atomic E-state index is 5.13. The van der Waals surface area contributed by atoms with E-state index in [-0.39, 0.29) is 0 Å². The summed E-state index contributed by atoms with van der Waals surface area (Å²) >= 11 is 0. The van der Waals surface area contributed by atoms with Gasteiger partial charge < -0.3 is 4.74 Å². The number of ether oxygens (including phenoxy) is 1. The average Bonchev–Trinajstić information content (AvgIpc) is 2.27. The molecule has 0 spiro atoms. The molecule has 0 aliphatic heterocycles. The monoisotopic (exact) mass is 196 g/mol. The first-order chi connectivity index (χ1) is 6.74. The lowest BCUT2D eigenvalue weighted by molar-refractivity contribution is 0.411. The van der Waals surface area contributed by atoms with E-state index < -0.39 is 0 Å². The molecule has 1 aromatic rings. The predicted octanol–water partition coefficient (Wildman–Crippen LogP) is 4.36. The first-order valence-corrected chi connectivity index (χ1v) is 5.35. The van der Waals surface area contributed by atoms with Crippen LogP contribution in [0.4, 0.5) is 0 Å². The van der Waals surface area contributed by atoms with Gasteiger partial charge in [-0.25, -0.2) is 0 Å². The zero-order chi connectivity index (χ0) is 11.6. The predicted molar refractivity (Wildman–Crippen MR) is 65.2 cm³/mol. The molecule has 14 heavy (non-hydrogen) atoms. The van der Waals surface area contributed by atoms with Crippen LogP contribution in [0.3, 0.4) is 0 Å². The van der Waals surface area contributed by atoms with Gasteiger partial charge in [-0.2, -0.15) is 0 Å². The molecule has 82 valence electrons. The van der Waals surface area contributed by atoms with Gasteiger partial charge in [0, 0.05) is 0 Å². The third-order valence-corrected chi connectivity index (χ3v) is 1.56. The molecule has 0 heterocycles. The highest BCUT2D eigenvalue weighted by Crippen LogP contribution is 2.17. The minimum atomic E-state index is 0.972. The second-order valence-corrected chi connectivity index (χ2v) is 2.47. The topological polar surface area (TPSA) is 9.23 Å². The van der Waals surface area contributed by atoms with Gasteiger partial charge in [0.1, 0.15) is 5.75 Å². The molecule has 1 heteroatoms. The van der Waals surface area contributed by atoms with Crippen LogP contribution in [0.15, 0.2) is 18.2 Å². The van der Waals surface area contributed by atoms with Gasteiger partial charge in [0.05, 0.1) is 7.11 Å². The van der Waals surface area contributed by atoms with Crippen LogP contribution in [0, 0.1) is 13.8 Å². The van der Waals surface area contributed by atoms with Crippen LogP contribution >= 0.6 is 0 Å². The van der Waals surface area contributed by atoms with E-state index in [1.165, 1.54) is 11.1 Å². The third-order valence-electron chi connectivity index (χ3n) is 1.56. The molecule has 1 rings (SSSR count). The Bertz CT molecular complexity index is 229. The normalized spacial score (nSPS) is 7.64. The molecule has 1 aromatic carbocycles. The quantitative estimate of drug-likeness (QED) is 0.648. The number of hydrogen-bond acceptors (Lipinski definition) is 1. The van der Waals surface area contributed by atoms with Crippen molar-refractivity contribution in [2.24, 2.45) is 0 Å². The maximum Gasteiger partial charge on any atom is 0.122 e. The fourth-order valence-corrected chi connectivity index (χ4v) is 0.927. The SMILES string of the molecule is CC.CC.COc1cc(C)ccc1C. The van der Waals surface area contributed by atoms with Crippen molar-refractivity contribution in [1.82, 2.24) is 0 Å². The van der Waals surface area contributed by atoms with Crippen LogP contribution in [0.25, 0.3) is 0 Å². The Balaban J connectivity index is 0. The molecule has 0 saturated carbocycles. The molecule has 0 radical (unpaired) electrons. The standard InChI is InChI=1S/C9H12O.2C2H6/c1-7-4-5-8(2)9(6-7)10-3;2*1-2/h4-6H,1-3H3;2*1-2H3. The highest BCUT2D eigenvalue weighted by molar-refractivity contribution is 5.35. The molecule has 0 saturated heterocycles. The van der Waals surface area contributed by atoms with E-state index >= 15 is 0 Å². The average molecular weight is 196 g/mol. The third kappa shape index (κ3) is 5.63. The molecule has 0 aromatic heterocycles. The van der Waals surface area contributed by atoms with Crippen molar-refractivity contribution in [3.05, 3.63) is 29.3 Å². The lowest BCUT2D eigenvalue weighted by atomic mass is 10.1. The van der Waals surface area contributed by atoms with Crippen molar-refractivity contribution < 1.29 is 4.74 Å². The van der Waals surface area contributed by atoms with Crippen molar-refractivity contribution in [2.75, 3.05) is 7.11 Å². The van der Waals surface area contributed by atoms with Gasteiger partial charge in [-0.15, -0.1) is 0 Å². The van der Waals surface area contributed by atoms with E-state index in [9.17, 15) is 0 Å². The van der Waals surface area contributed by atoms with Gasteiger partial charge >= 0.3 is 0 Å². The van der Waals surface area contributed by atoms with Gasteiger partial charge in [-0.3, -0.25) is 0 Å². The molecular formula is C13H24O. The van der Waals surface area contributed by atoms with Crippen LogP contribution in [0.2, 0.25) is 0 Å². The number of methoxy groups -OCH3 is 1. The van der Waals surface area contributed by atoms with Crippen molar-refractivity contribution in [2.45, 2.75) is 41.5 Å². The lowest BCUT2D eigenvalue weighted by Crippen LogP contribution is -1.86. The fourth-order valence-electron chi connectivity index (χ4n) is 0.927. The minimum Gasteiger partial charge on any atom is -0.496 e. The molecule has 0 aliphatic carbocycles. The Hall–Kier alpha value is -0.980. The van der Waals surface area contributed by atoms with Crippen LogP contribution in [0.1, 0.15) is 38.8 Å². The zero-order valence-corrected chi connectivity index (χ0v) is 10.6. The van der Waals surface area contributed by atoms with E-state index in [1.54, 1.807) is 7.11 Å². The summed E-state index contributed by atoms with van der Waals surface area (Å²) in [7, 11) is 1.70. The number of rotatable bonds is 1. The summed E-state index contributed by atoms with van der Waals surface area (Å²) in [5.41, 5.74) is 2.43. The second kappa shape index (κ2) is 10.1. The number of aryl methyl sites for hydroxylation is 2. The summed E-state index contributed by atoms with van der Waals surface area (Å²) in [6.45, 7) is 12.1. The van der Waals surface area contributed by atoms with Crippen molar-refractivity contribution in [3.8, 4) is 5.75 Å². The Morgan fingerprint density at radius 3 is 1.79 bits per heavy atom. The summed E-state index contributed by atoms with van der Waals surface area (Å²) in [4.78, 5) is 0. The zero-order valence-electron chi connectivity index (χ0n) is 10.6. The van der Waals surface area contributed by atoms with Gasteiger partial charge in [0.25, 0.3) is 0 Å². The summed E-state index contributed by atoms with van der Waals surface area (Å²) < 4.78 is 5.13. The summed E-state index contributed by atoms with van der Waals surface area (Å²) in [6.07, 6.45) is 0. The second-order valence-electron chi connectivity index (χ2n) is 2.47. The molecule has 0 N–H and O–H groups in total. The molecule has 0 bridgehead atoms. The largest absolute Gasteiger partial charge is 0.496 e. The Kier molecular flexibility index (Phi) is 11.2. The van der Waals surface area contributed by atoms with E-state index in [0.717, 1.165) is 5.75 Å². The smallest absolute Gasteiger partial charge is 0.122 e. The maximum absolute atomic E-state index is 5.13. The van der Waals surface area contributed by atoms with E-state index in [0.29, 0.717) is 0 Å². The molecule has 1 nitrogen and oxygen atoms in total. The van der Waals surface area contributed by atoms with E-state index in [2.05, 4.69) is 19.1 Å². The van der Waals surface area contributed by atoms with Gasteiger partial charge in [0.15, 0.2) is 0 Å². The highest BCUT2D eigenvalue weighted by atomic mass is 16.5. The Morgan fingerprint density at radius 2 is 1.43 bits per heavy atom. The number of benzene rings is 1. The molecule has 0 aliphatic rings. The van der Waals surface area contributed by atoms with E-state index in [1.807, 2.05) is 40.7 Å². The van der Waals surface area contributed by atoms with Gasteiger partial charge in [-0.1, -0.05) is 39.8 Å². The van der Waals surface area contributed by atoms with Gasteiger partial charge in [-0.05, 0) is 31.0 Å². The molecule has 0 fully saturated rings. The van der Waals surface area contributed by atoms with Crippen LogP contribution in [-0.4, -0.2) is 7.11 Å². The van der Waals surface area contributed by atoms with Crippen molar-refractivity contribution in [3.63, 3.8) is 0 Å². The lowest BCUT2D eigenvalue weighted by Gasteiger charge is -2.03.